The highest BCUT2D eigenvalue weighted by atomic mass is 19.1. The quantitative estimate of drug-likeness (QED) is 0.803. The summed E-state index contributed by atoms with van der Waals surface area (Å²) >= 11 is 0. The number of hydrogen-bond acceptors (Lipinski definition) is 4. The highest BCUT2D eigenvalue weighted by molar-refractivity contribution is 5.18. The van der Waals surface area contributed by atoms with Crippen LogP contribution in [-0.4, -0.2) is 20.2 Å². The van der Waals surface area contributed by atoms with Crippen molar-refractivity contribution >= 4 is 0 Å². The Hall–Kier alpha value is -1.85. The molecule has 5 heteroatoms. The van der Waals surface area contributed by atoms with E-state index in [1.807, 2.05) is 19.1 Å². The molecule has 0 radical (unpaired) electrons. The molecule has 0 fully saturated rings. The fraction of sp³-hybridized carbons (Fsp3) is 0.444. The summed E-state index contributed by atoms with van der Waals surface area (Å²) in [6, 6.07) is 9.87. The SMILES string of the molecule is CCC(C)(O)c1cccc(CCC(C)(O)c2cccc(F)n2)n1. The van der Waals surface area contributed by atoms with Crippen LogP contribution < -0.4 is 0 Å². The van der Waals surface area contributed by atoms with Crippen molar-refractivity contribution in [2.75, 3.05) is 0 Å². The van der Waals surface area contributed by atoms with Gasteiger partial charge in [0.2, 0.25) is 5.95 Å². The molecule has 23 heavy (non-hydrogen) atoms. The number of halogens is 1. The van der Waals surface area contributed by atoms with Gasteiger partial charge in [0, 0.05) is 5.69 Å². The maximum absolute atomic E-state index is 13.2. The highest BCUT2D eigenvalue weighted by Crippen LogP contribution is 2.26. The zero-order chi connectivity index (χ0) is 17.1. The lowest BCUT2D eigenvalue weighted by atomic mass is 9.93. The van der Waals surface area contributed by atoms with Gasteiger partial charge in [-0.2, -0.15) is 4.39 Å². The minimum Gasteiger partial charge on any atom is -0.384 e. The van der Waals surface area contributed by atoms with Crippen molar-refractivity contribution in [1.29, 1.82) is 0 Å². The molecule has 0 aliphatic rings. The van der Waals surface area contributed by atoms with Crippen LogP contribution in [0.4, 0.5) is 4.39 Å². The number of nitrogens with zero attached hydrogens (tertiary/aromatic N) is 2. The molecule has 2 aromatic rings. The van der Waals surface area contributed by atoms with E-state index in [1.165, 1.54) is 12.1 Å². The molecule has 2 rings (SSSR count). The Balaban J connectivity index is 2.13. The van der Waals surface area contributed by atoms with Gasteiger partial charge >= 0.3 is 0 Å². The van der Waals surface area contributed by atoms with E-state index in [1.54, 1.807) is 26.0 Å². The van der Waals surface area contributed by atoms with E-state index in [4.69, 9.17) is 0 Å². The zero-order valence-corrected chi connectivity index (χ0v) is 13.8. The Labute approximate surface area is 136 Å². The standard InChI is InChI=1S/C18H23FN2O2/c1-4-17(2,22)14-8-5-7-13(20-14)11-12-18(3,23)15-9-6-10-16(19)21-15/h5-10,22-23H,4,11-12H2,1-3H3. The lowest BCUT2D eigenvalue weighted by Gasteiger charge is -2.24. The Morgan fingerprint density at radius 3 is 2.17 bits per heavy atom. The van der Waals surface area contributed by atoms with E-state index in [2.05, 4.69) is 9.97 Å². The van der Waals surface area contributed by atoms with Crippen molar-refractivity contribution in [3.63, 3.8) is 0 Å². The molecular formula is C18H23FN2O2. The lowest BCUT2D eigenvalue weighted by Crippen LogP contribution is -2.25. The average Bonchev–Trinajstić information content (AvgIpc) is 2.53. The van der Waals surface area contributed by atoms with Crippen molar-refractivity contribution in [2.24, 2.45) is 0 Å². The Morgan fingerprint density at radius 2 is 1.57 bits per heavy atom. The van der Waals surface area contributed by atoms with Crippen LogP contribution >= 0.6 is 0 Å². The normalized spacial score (nSPS) is 16.6. The van der Waals surface area contributed by atoms with Gasteiger partial charge in [0.25, 0.3) is 0 Å². The molecule has 2 N–H and O–H groups in total. The second-order valence-corrected chi connectivity index (χ2v) is 6.26. The fourth-order valence-electron chi connectivity index (χ4n) is 2.31. The molecule has 2 atom stereocenters. The summed E-state index contributed by atoms with van der Waals surface area (Å²) in [5.74, 6) is -0.609. The van der Waals surface area contributed by atoms with Gasteiger partial charge in [0.05, 0.1) is 11.4 Å². The third-order valence-corrected chi connectivity index (χ3v) is 4.18. The summed E-state index contributed by atoms with van der Waals surface area (Å²) in [7, 11) is 0. The van der Waals surface area contributed by atoms with Gasteiger partial charge in [-0.25, -0.2) is 4.98 Å². The third-order valence-electron chi connectivity index (χ3n) is 4.18. The molecule has 0 aromatic carbocycles. The number of pyridine rings is 2. The van der Waals surface area contributed by atoms with Gasteiger partial charge in [-0.1, -0.05) is 19.1 Å². The van der Waals surface area contributed by atoms with Crippen molar-refractivity contribution in [1.82, 2.24) is 9.97 Å². The lowest BCUT2D eigenvalue weighted by molar-refractivity contribution is 0.0416. The van der Waals surface area contributed by atoms with Gasteiger partial charge in [-0.3, -0.25) is 4.98 Å². The molecule has 0 spiro atoms. The van der Waals surface area contributed by atoms with Crippen LogP contribution in [0.3, 0.4) is 0 Å². The van der Waals surface area contributed by atoms with E-state index in [9.17, 15) is 14.6 Å². The molecule has 0 aliphatic carbocycles. The molecule has 0 amide bonds. The average molecular weight is 318 g/mol. The predicted octanol–water partition coefficient (Wildman–Crippen LogP) is 3.07. The van der Waals surface area contributed by atoms with Crippen molar-refractivity contribution in [3.05, 3.63) is 59.4 Å². The van der Waals surface area contributed by atoms with Crippen molar-refractivity contribution in [2.45, 2.75) is 51.2 Å². The third kappa shape index (κ3) is 4.33. The summed E-state index contributed by atoms with van der Waals surface area (Å²) in [5, 5.41) is 20.8. The molecule has 4 nitrogen and oxygen atoms in total. The maximum atomic E-state index is 13.2. The molecule has 2 heterocycles. The Kier molecular flexibility index (Phi) is 5.12. The molecule has 0 bridgehead atoms. The first kappa shape index (κ1) is 17.5. The van der Waals surface area contributed by atoms with Crippen molar-refractivity contribution in [3.8, 4) is 0 Å². The molecule has 0 saturated carbocycles. The number of rotatable bonds is 6. The topological polar surface area (TPSA) is 66.2 Å². The van der Waals surface area contributed by atoms with Gasteiger partial charge in [0.15, 0.2) is 0 Å². The largest absolute Gasteiger partial charge is 0.384 e. The van der Waals surface area contributed by atoms with Crippen LogP contribution in [0.15, 0.2) is 36.4 Å². The Morgan fingerprint density at radius 1 is 0.957 bits per heavy atom. The van der Waals surface area contributed by atoms with Crippen LogP contribution in [0, 0.1) is 5.95 Å². The summed E-state index contributed by atoms with van der Waals surface area (Å²) in [5.41, 5.74) is -0.529. The van der Waals surface area contributed by atoms with Gasteiger partial charge in [0.1, 0.15) is 11.2 Å². The first-order valence-electron chi connectivity index (χ1n) is 7.79. The van der Waals surface area contributed by atoms with Crippen LogP contribution in [0.1, 0.15) is 50.7 Å². The number of aromatic nitrogens is 2. The van der Waals surface area contributed by atoms with E-state index in [0.717, 1.165) is 5.69 Å². The smallest absolute Gasteiger partial charge is 0.213 e. The highest BCUT2D eigenvalue weighted by Gasteiger charge is 2.26. The van der Waals surface area contributed by atoms with Crippen LogP contribution in [0.5, 0.6) is 0 Å². The molecule has 0 saturated heterocycles. The first-order valence-corrected chi connectivity index (χ1v) is 7.79. The van der Waals surface area contributed by atoms with E-state index >= 15 is 0 Å². The van der Waals surface area contributed by atoms with Crippen molar-refractivity contribution < 1.29 is 14.6 Å². The molecular weight excluding hydrogens is 295 g/mol. The maximum Gasteiger partial charge on any atom is 0.213 e. The van der Waals surface area contributed by atoms with Crippen LogP contribution in [-0.2, 0) is 17.6 Å². The second-order valence-electron chi connectivity index (χ2n) is 6.26. The first-order chi connectivity index (χ1) is 10.7. The van der Waals surface area contributed by atoms with E-state index in [0.29, 0.717) is 30.7 Å². The fourth-order valence-corrected chi connectivity index (χ4v) is 2.31. The molecule has 0 aliphatic heterocycles. The van der Waals surface area contributed by atoms with Gasteiger partial charge in [-0.15, -0.1) is 0 Å². The molecule has 124 valence electrons. The summed E-state index contributed by atoms with van der Waals surface area (Å²) in [6.07, 6.45) is 1.42. The minimum atomic E-state index is -1.24. The second kappa shape index (κ2) is 6.72. The molecule has 2 aromatic heterocycles. The monoisotopic (exact) mass is 318 g/mol. The van der Waals surface area contributed by atoms with Crippen LogP contribution in [0.25, 0.3) is 0 Å². The van der Waals surface area contributed by atoms with E-state index in [-0.39, 0.29) is 0 Å². The molecule has 2 unspecified atom stereocenters. The summed E-state index contributed by atoms with van der Waals surface area (Å²) in [6.45, 7) is 5.24. The van der Waals surface area contributed by atoms with Gasteiger partial charge < -0.3 is 10.2 Å². The van der Waals surface area contributed by atoms with E-state index < -0.39 is 17.1 Å². The number of aliphatic hydroxyl groups is 2. The van der Waals surface area contributed by atoms with Crippen LogP contribution in [0.2, 0.25) is 0 Å². The number of hydrogen-bond donors (Lipinski definition) is 2. The number of aryl methyl sites for hydroxylation is 1. The minimum absolute atomic E-state index is 0.300. The Bertz CT molecular complexity index is 672. The summed E-state index contributed by atoms with van der Waals surface area (Å²) in [4.78, 5) is 8.22. The zero-order valence-electron chi connectivity index (χ0n) is 13.8. The summed E-state index contributed by atoms with van der Waals surface area (Å²) < 4.78 is 13.2. The predicted molar refractivity (Wildman–Crippen MR) is 86.2 cm³/mol. The van der Waals surface area contributed by atoms with Gasteiger partial charge in [-0.05, 0) is 57.4 Å².